The Morgan fingerprint density at radius 1 is 1.50 bits per heavy atom. The normalized spacial score (nSPS) is 12.6. The molecule has 16 heavy (non-hydrogen) atoms. The lowest BCUT2D eigenvalue weighted by Gasteiger charge is -2.12. The molecule has 5 heteroatoms. The molecule has 0 fully saturated rings. The first-order valence-corrected chi connectivity index (χ1v) is 5.24. The number of pyridine rings is 1. The van der Waals surface area contributed by atoms with E-state index in [1.165, 1.54) is 5.56 Å². The smallest absolute Gasteiger partial charge is 0.0964 e. The van der Waals surface area contributed by atoms with Crippen LogP contribution in [0.3, 0.4) is 0 Å². The predicted octanol–water partition coefficient (Wildman–Crippen LogP) is 1.06. The van der Waals surface area contributed by atoms with Crippen molar-refractivity contribution in [3.05, 3.63) is 42.0 Å². The van der Waals surface area contributed by atoms with E-state index in [0.717, 1.165) is 5.69 Å². The van der Waals surface area contributed by atoms with Gasteiger partial charge in [0, 0.05) is 38.2 Å². The van der Waals surface area contributed by atoms with E-state index in [4.69, 9.17) is 0 Å². The Labute approximate surface area is 94.5 Å². The maximum Gasteiger partial charge on any atom is 0.0964 e. The Morgan fingerprint density at radius 3 is 3.00 bits per heavy atom. The van der Waals surface area contributed by atoms with Gasteiger partial charge in [0.05, 0.1) is 5.69 Å². The molecule has 1 atom stereocenters. The molecular formula is C11H15N5. The molecule has 2 heterocycles. The van der Waals surface area contributed by atoms with Crippen LogP contribution < -0.4 is 5.32 Å². The number of nitrogens with zero attached hydrogens (tertiary/aromatic N) is 4. The van der Waals surface area contributed by atoms with Crippen LogP contribution in [-0.2, 0) is 13.6 Å². The van der Waals surface area contributed by atoms with Crippen molar-refractivity contribution < 1.29 is 0 Å². The third-order valence-corrected chi connectivity index (χ3v) is 2.42. The first-order valence-electron chi connectivity index (χ1n) is 5.24. The van der Waals surface area contributed by atoms with Crippen LogP contribution in [0.2, 0.25) is 0 Å². The van der Waals surface area contributed by atoms with Crippen LogP contribution in [0.25, 0.3) is 0 Å². The van der Waals surface area contributed by atoms with Gasteiger partial charge in [0.15, 0.2) is 0 Å². The Hall–Kier alpha value is -1.75. The quantitative estimate of drug-likeness (QED) is 0.832. The highest BCUT2D eigenvalue weighted by Crippen LogP contribution is 2.10. The van der Waals surface area contributed by atoms with Gasteiger partial charge in [-0.2, -0.15) is 0 Å². The van der Waals surface area contributed by atoms with Crippen molar-refractivity contribution in [2.75, 3.05) is 0 Å². The van der Waals surface area contributed by atoms with Gasteiger partial charge in [-0.05, 0) is 18.6 Å². The summed E-state index contributed by atoms with van der Waals surface area (Å²) in [7, 11) is 1.86. The van der Waals surface area contributed by atoms with E-state index in [9.17, 15) is 0 Å². The van der Waals surface area contributed by atoms with Gasteiger partial charge in [-0.1, -0.05) is 11.3 Å². The average Bonchev–Trinajstić information content (AvgIpc) is 2.73. The number of hydrogen-bond donors (Lipinski definition) is 1. The number of aromatic nitrogens is 4. The average molecular weight is 217 g/mol. The van der Waals surface area contributed by atoms with Crippen molar-refractivity contribution in [3.63, 3.8) is 0 Å². The molecule has 0 aliphatic heterocycles. The monoisotopic (exact) mass is 217 g/mol. The van der Waals surface area contributed by atoms with E-state index in [1.54, 1.807) is 10.9 Å². The SMILES string of the molecule is C[C@H](NCc1cn(C)nn1)c1cccnc1. The summed E-state index contributed by atoms with van der Waals surface area (Å²) in [6.07, 6.45) is 5.55. The van der Waals surface area contributed by atoms with E-state index in [1.807, 2.05) is 25.5 Å². The summed E-state index contributed by atoms with van der Waals surface area (Å²) in [5.74, 6) is 0. The van der Waals surface area contributed by atoms with Crippen LogP contribution in [0.1, 0.15) is 24.2 Å². The number of hydrogen-bond acceptors (Lipinski definition) is 4. The van der Waals surface area contributed by atoms with Crippen LogP contribution in [0.15, 0.2) is 30.7 Å². The molecule has 0 bridgehead atoms. The van der Waals surface area contributed by atoms with Crippen molar-refractivity contribution in [3.8, 4) is 0 Å². The molecule has 0 saturated heterocycles. The molecule has 0 aliphatic carbocycles. The van der Waals surface area contributed by atoms with Crippen LogP contribution in [0, 0.1) is 0 Å². The molecule has 0 radical (unpaired) electrons. The molecule has 0 aromatic carbocycles. The van der Waals surface area contributed by atoms with Gasteiger partial charge in [-0.3, -0.25) is 9.67 Å². The fraction of sp³-hybridized carbons (Fsp3) is 0.364. The number of nitrogens with one attached hydrogen (secondary N) is 1. The highest BCUT2D eigenvalue weighted by molar-refractivity contribution is 5.12. The molecular weight excluding hydrogens is 202 g/mol. The second-order valence-corrected chi connectivity index (χ2v) is 3.77. The second kappa shape index (κ2) is 4.85. The lowest BCUT2D eigenvalue weighted by Crippen LogP contribution is -2.18. The fourth-order valence-electron chi connectivity index (χ4n) is 1.48. The van der Waals surface area contributed by atoms with E-state index >= 15 is 0 Å². The minimum atomic E-state index is 0.260. The second-order valence-electron chi connectivity index (χ2n) is 3.77. The summed E-state index contributed by atoms with van der Waals surface area (Å²) in [5, 5.41) is 11.3. The maximum absolute atomic E-state index is 4.09. The summed E-state index contributed by atoms with van der Waals surface area (Å²) in [6, 6.07) is 4.26. The molecule has 0 amide bonds. The zero-order valence-electron chi connectivity index (χ0n) is 9.46. The summed E-state index contributed by atoms with van der Waals surface area (Å²) in [5.41, 5.74) is 2.12. The van der Waals surface area contributed by atoms with Gasteiger partial charge in [0.2, 0.25) is 0 Å². The zero-order chi connectivity index (χ0) is 11.4. The summed E-state index contributed by atoms with van der Waals surface area (Å²) < 4.78 is 1.70. The van der Waals surface area contributed by atoms with Gasteiger partial charge in [-0.15, -0.1) is 5.10 Å². The van der Waals surface area contributed by atoms with Crippen LogP contribution in [0.5, 0.6) is 0 Å². The lowest BCUT2D eigenvalue weighted by atomic mass is 10.1. The van der Waals surface area contributed by atoms with Crippen LogP contribution in [0.4, 0.5) is 0 Å². The van der Waals surface area contributed by atoms with Crippen molar-refractivity contribution in [2.45, 2.75) is 19.5 Å². The molecule has 0 aliphatic rings. The zero-order valence-corrected chi connectivity index (χ0v) is 9.46. The predicted molar refractivity (Wildman–Crippen MR) is 60.5 cm³/mol. The van der Waals surface area contributed by atoms with Gasteiger partial charge < -0.3 is 5.32 Å². The minimum absolute atomic E-state index is 0.260. The highest BCUT2D eigenvalue weighted by Gasteiger charge is 2.05. The van der Waals surface area contributed by atoms with Crippen LogP contribution >= 0.6 is 0 Å². The molecule has 2 aromatic rings. The molecule has 0 spiro atoms. The topological polar surface area (TPSA) is 55.6 Å². The van der Waals surface area contributed by atoms with Crippen molar-refractivity contribution >= 4 is 0 Å². The molecule has 2 rings (SSSR count). The molecule has 2 aromatic heterocycles. The van der Waals surface area contributed by atoms with Gasteiger partial charge in [0.1, 0.15) is 0 Å². The standard InChI is InChI=1S/C11H15N5/c1-9(10-4-3-5-12-6-10)13-7-11-8-16(2)15-14-11/h3-6,8-9,13H,7H2,1-2H3/t9-/m0/s1. The first-order chi connectivity index (χ1) is 7.75. The van der Waals surface area contributed by atoms with Crippen molar-refractivity contribution in [1.82, 2.24) is 25.3 Å². The van der Waals surface area contributed by atoms with Gasteiger partial charge in [0.25, 0.3) is 0 Å². The van der Waals surface area contributed by atoms with E-state index in [-0.39, 0.29) is 6.04 Å². The summed E-state index contributed by atoms with van der Waals surface area (Å²) in [6.45, 7) is 2.82. The van der Waals surface area contributed by atoms with Gasteiger partial charge >= 0.3 is 0 Å². The Morgan fingerprint density at radius 2 is 2.38 bits per heavy atom. The highest BCUT2D eigenvalue weighted by atomic mass is 15.4. The lowest BCUT2D eigenvalue weighted by molar-refractivity contribution is 0.565. The molecule has 1 N–H and O–H groups in total. The van der Waals surface area contributed by atoms with E-state index < -0.39 is 0 Å². The number of rotatable bonds is 4. The van der Waals surface area contributed by atoms with Crippen LogP contribution in [-0.4, -0.2) is 20.0 Å². The molecule has 0 unspecified atom stereocenters. The third kappa shape index (κ3) is 2.64. The van der Waals surface area contributed by atoms with Gasteiger partial charge in [-0.25, -0.2) is 0 Å². The first kappa shape index (κ1) is 10.8. The van der Waals surface area contributed by atoms with E-state index in [2.05, 4.69) is 33.6 Å². The third-order valence-electron chi connectivity index (χ3n) is 2.42. The summed E-state index contributed by atoms with van der Waals surface area (Å²) >= 11 is 0. The largest absolute Gasteiger partial charge is 0.304 e. The maximum atomic E-state index is 4.09. The van der Waals surface area contributed by atoms with Crippen molar-refractivity contribution in [2.24, 2.45) is 7.05 Å². The van der Waals surface area contributed by atoms with Crippen molar-refractivity contribution in [1.29, 1.82) is 0 Å². The fourth-order valence-corrected chi connectivity index (χ4v) is 1.48. The molecule has 84 valence electrons. The Bertz CT molecular complexity index is 437. The molecule has 0 saturated carbocycles. The Kier molecular flexibility index (Phi) is 3.26. The number of aryl methyl sites for hydroxylation is 1. The molecule has 5 nitrogen and oxygen atoms in total. The Balaban J connectivity index is 1.91. The summed E-state index contributed by atoms with van der Waals surface area (Å²) in [4.78, 5) is 4.09. The minimum Gasteiger partial charge on any atom is -0.304 e. The van der Waals surface area contributed by atoms with E-state index in [0.29, 0.717) is 6.54 Å².